The first-order valence-electron chi connectivity index (χ1n) is 7.43. The Morgan fingerprint density at radius 3 is 2.90 bits per heavy atom. The van der Waals surface area contributed by atoms with Crippen molar-refractivity contribution in [2.45, 2.75) is 32.1 Å². The smallest absolute Gasteiger partial charge is 0.251 e. The molecule has 2 N–H and O–H groups in total. The van der Waals surface area contributed by atoms with E-state index in [4.69, 9.17) is 0 Å². The molecule has 1 atom stereocenters. The fourth-order valence-corrected chi connectivity index (χ4v) is 3.15. The maximum Gasteiger partial charge on any atom is 0.251 e. The lowest BCUT2D eigenvalue weighted by Gasteiger charge is -2.22. The first kappa shape index (κ1) is 15.3. The Morgan fingerprint density at radius 2 is 2.10 bits per heavy atom. The number of hydrogen-bond acceptors (Lipinski definition) is 2. The number of rotatable bonds is 3. The summed E-state index contributed by atoms with van der Waals surface area (Å²) in [4.78, 5) is 12.2. The molecule has 1 heterocycles. The van der Waals surface area contributed by atoms with Crippen molar-refractivity contribution < 1.29 is 4.79 Å². The van der Waals surface area contributed by atoms with Crippen LogP contribution in [0.2, 0.25) is 0 Å². The van der Waals surface area contributed by atoms with Crippen molar-refractivity contribution in [2.75, 3.05) is 19.6 Å². The third-order valence-electron chi connectivity index (χ3n) is 4.31. The molecule has 1 unspecified atom stereocenters. The fraction of sp³-hybridized carbons (Fsp3) is 0.562. The van der Waals surface area contributed by atoms with E-state index < -0.39 is 0 Å². The van der Waals surface area contributed by atoms with E-state index in [1.165, 1.54) is 36.8 Å². The fourth-order valence-electron chi connectivity index (χ4n) is 3.15. The number of carbonyl (C=O) groups is 1. The highest BCUT2D eigenvalue weighted by Gasteiger charge is 2.16. The molecule has 1 aromatic carbocycles. The zero-order chi connectivity index (χ0) is 13.1. The molecule has 0 spiro atoms. The van der Waals surface area contributed by atoms with E-state index >= 15 is 0 Å². The minimum atomic E-state index is 0. The molecule has 1 fully saturated rings. The zero-order valence-corrected chi connectivity index (χ0v) is 12.6. The Hall–Kier alpha value is -1.06. The average Bonchev–Trinajstić information content (AvgIpc) is 2.93. The normalized spacial score (nSPS) is 20.9. The molecule has 0 saturated carbocycles. The maximum absolute atomic E-state index is 12.2. The van der Waals surface area contributed by atoms with Crippen molar-refractivity contribution in [3.05, 3.63) is 34.9 Å². The summed E-state index contributed by atoms with van der Waals surface area (Å²) in [5.41, 5.74) is 3.62. The van der Waals surface area contributed by atoms with Crippen LogP contribution in [0.5, 0.6) is 0 Å². The second-order valence-electron chi connectivity index (χ2n) is 5.76. The summed E-state index contributed by atoms with van der Waals surface area (Å²) in [7, 11) is 0. The van der Waals surface area contributed by atoms with Crippen LogP contribution in [0, 0.1) is 5.92 Å². The van der Waals surface area contributed by atoms with Gasteiger partial charge in [-0.3, -0.25) is 4.79 Å². The van der Waals surface area contributed by atoms with Crippen molar-refractivity contribution >= 4 is 18.3 Å². The molecule has 1 aromatic rings. The number of benzene rings is 1. The molecule has 110 valence electrons. The lowest BCUT2D eigenvalue weighted by molar-refractivity contribution is 0.0944. The van der Waals surface area contributed by atoms with Gasteiger partial charge in [0.25, 0.3) is 5.91 Å². The van der Waals surface area contributed by atoms with Crippen molar-refractivity contribution in [1.29, 1.82) is 0 Å². The minimum Gasteiger partial charge on any atom is -0.352 e. The first-order valence-corrected chi connectivity index (χ1v) is 7.43. The SMILES string of the molecule is Cl.O=C(NCC1CCCNC1)c1ccc2c(c1)CCC2. The highest BCUT2D eigenvalue weighted by Crippen LogP contribution is 2.22. The van der Waals surface area contributed by atoms with Crippen LogP contribution in [0.3, 0.4) is 0 Å². The molecule has 1 saturated heterocycles. The van der Waals surface area contributed by atoms with Crippen LogP contribution in [0.15, 0.2) is 18.2 Å². The van der Waals surface area contributed by atoms with Gasteiger partial charge in [0.05, 0.1) is 0 Å². The third-order valence-corrected chi connectivity index (χ3v) is 4.31. The van der Waals surface area contributed by atoms with Crippen molar-refractivity contribution in [3.8, 4) is 0 Å². The first-order chi connectivity index (χ1) is 9.33. The standard InChI is InChI=1S/C16H22N2O.ClH/c19-16(18-11-12-3-2-8-17-10-12)15-7-6-13-4-1-5-14(13)9-15;/h6-7,9,12,17H,1-5,8,10-11H2,(H,18,19);1H. The number of nitrogens with one attached hydrogen (secondary N) is 2. The lowest BCUT2D eigenvalue weighted by Crippen LogP contribution is -2.38. The number of fused-ring (bicyclic) bond motifs is 1. The Labute approximate surface area is 126 Å². The summed E-state index contributed by atoms with van der Waals surface area (Å²) >= 11 is 0. The molecule has 3 nitrogen and oxygen atoms in total. The third kappa shape index (κ3) is 3.53. The van der Waals surface area contributed by atoms with Gasteiger partial charge in [0.15, 0.2) is 0 Å². The molecule has 20 heavy (non-hydrogen) atoms. The van der Waals surface area contributed by atoms with E-state index in [2.05, 4.69) is 22.8 Å². The van der Waals surface area contributed by atoms with E-state index in [0.717, 1.165) is 31.6 Å². The van der Waals surface area contributed by atoms with Gasteiger partial charge in [-0.25, -0.2) is 0 Å². The Morgan fingerprint density at radius 1 is 1.25 bits per heavy atom. The quantitative estimate of drug-likeness (QED) is 0.898. The highest BCUT2D eigenvalue weighted by atomic mass is 35.5. The van der Waals surface area contributed by atoms with Crippen molar-refractivity contribution in [2.24, 2.45) is 5.92 Å². The van der Waals surface area contributed by atoms with Crippen LogP contribution in [0.25, 0.3) is 0 Å². The second-order valence-corrected chi connectivity index (χ2v) is 5.76. The van der Waals surface area contributed by atoms with Gasteiger partial charge in [-0.05, 0) is 74.4 Å². The summed E-state index contributed by atoms with van der Waals surface area (Å²) in [6.07, 6.45) is 5.97. The number of aryl methyl sites for hydroxylation is 2. The van der Waals surface area contributed by atoms with Crippen LogP contribution in [-0.2, 0) is 12.8 Å². The van der Waals surface area contributed by atoms with Crippen LogP contribution in [0.1, 0.15) is 40.7 Å². The molecule has 0 bridgehead atoms. The van der Waals surface area contributed by atoms with Gasteiger partial charge < -0.3 is 10.6 Å². The van der Waals surface area contributed by atoms with E-state index in [0.29, 0.717) is 5.92 Å². The summed E-state index contributed by atoms with van der Waals surface area (Å²) in [6.45, 7) is 2.95. The molecule has 1 aliphatic heterocycles. The Bertz CT molecular complexity index is 470. The largest absolute Gasteiger partial charge is 0.352 e. The van der Waals surface area contributed by atoms with E-state index in [1.807, 2.05) is 6.07 Å². The Kier molecular flexibility index (Phi) is 5.44. The summed E-state index contributed by atoms with van der Waals surface area (Å²) in [5, 5.41) is 6.46. The van der Waals surface area contributed by atoms with Crippen LogP contribution in [-0.4, -0.2) is 25.5 Å². The van der Waals surface area contributed by atoms with E-state index in [9.17, 15) is 4.79 Å². The molecular weight excluding hydrogens is 272 g/mol. The van der Waals surface area contributed by atoms with E-state index in [1.54, 1.807) is 0 Å². The molecule has 0 radical (unpaired) electrons. The summed E-state index contributed by atoms with van der Waals surface area (Å²) < 4.78 is 0. The number of piperidine rings is 1. The van der Waals surface area contributed by atoms with E-state index in [-0.39, 0.29) is 18.3 Å². The van der Waals surface area contributed by atoms with Gasteiger partial charge in [0.1, 0.15) is 0 Å². The average molecular weight is 295 g/mol. The molecular formula is C16H23ClN2O. The van der Waals surface area contributed by atoms with Gasteiger partial charge in [-0.1, -0.05) is 6.07 Å². The minimum absolute atomic E-state index is 0. The molecule has 3 rings (SSSR count). The number of carbonyl (C=O) groups excluding carboxylic acids is 1. The summed E-state index contributed by atoms with van der Waals surface area (Å²) in [5.74, 6) is 0.674. The second kappa shape index (κ2) is 7.09. The maximum atomic E-state index is 12.2. The van der Waals surface area contributed by atoms with Gasteiger partial charge >= 0.3 is 0 Å². The molecule has 4 heteroatoms. The topological polar surface area (TPSA) is 41.1 Å². The number of halogens is 1. The summed E-state index contributed by atoms with van der Waals surface area (Å²) in [6, 6.07) is 6.18. The van der Waals surface area contributed by atoms with Gasteiger partial charge in [-0.2, -0.15) is 0 Å². The van der Waals surface area contributed by atoms with Crippen molar-refractivity contribution in [1.82, 2.24) is 10.6 Å². The lowest BCUT2D eigenvalue weighted by atomic mass is 9.99. The van der Waals surface area contributed by atoms with Crippen molar-refractivity contribution in [3.63, 3.8) is 0 Å². The number of hydrogen-bond donors (Lipinski definition) is 2. The molecule has 1 aliphatic carbocycles. The Balaban J connectivity index is 0.00000147. The molecule has 1 amide bonds. The zero-order valence-electron chi connectivity index (χ0n) is 11.8. The highest BCUT2D eigenvalue weighted by molar-refractivity contribution is 5.94. The molecule has 2 aliphatic rings. The van der Waals surface area contributed by atoms with Crippen LogP contribution < -0.4 is 10.6 Å². The molecule has 0 aromatic heterocycles. The predicted molar refractivity (Wildman–Crippen MR) is 83.6 cm³/mol. The monoisotopic (exact) mass is 294 g/mol. The van der Waals surface area contributed by atoms with Crippen LogP contribution >= 0.6 is 12.4 Å². The van der Waals surface area contributed by atoms with Gasteiger partial charge in [0.2, 0.25) is 0 Å². The number of amides is 1. The predicted octanol–water partition coefficient (Wildman–Crippen LogP) is 2.33. The van der Waals surface area contributed by atoms with Gasteiger partial charge in [0, 0.05) is 12.1 Å². The van der Waals surface area contributed by atoms with Crippen LogP contribution in [0.4, 0.5) is 0 Å². The van der Waals surface area contributed by atoms with Gasteiger partial charge in [-0.15, -0.1) is 12.4 Å².